The lowest BCUT2D eigenvalue weighted by molar-refractivity contribution is 0.258. The van der Waals surface area contributed by atoms with Crippen LogP contribution < -0.4 is 10.2 Å². The van der Waals surface area contributed by atoms with Crippen molar-refractivity contribution in [3.8, 4) is 0 Å². The van der Waals surface area contributed by atoms with Gasteiger partial charge in [-0.05, 0) is 48.2 Å². The summed E-state index contributed by atoms with van der Waals surface area (Å²) in [5.74, 6) is 0. The molecule has 0 saturated heterocycles. The van der Waals surface area contributed by atoms with Crippen LogP contribution in [0.2, 0.25) is 0 Å². The van der Waals surface area contributed by atoms with Gasteiger partial charge in [-0.15, -0.1) is 0 Å². The first-order valence-electron chi connectivity index (χ1n) is 9.73. The van der Waals surface area contributed by atoms with Crippen molar-refractivity contribution >= 4 is 29.2 Å². The van der Waals surface area contributed by atoms with E-state index in [4.69, 9.17) is 0 Å². The molecule has 0 aromatic heterocycles. The molecule has 0 unspecified atom stereocenters. The Morgan fingerprint density at radius 3 is 2.17 bits per heavy atom. The molecule has 0 atom stereocenters. The van der Waals surface area contributed by atoms with Crippen LogP contribution in [0.1, 0.15) is 31.9 Å². The molecule has 0 saturated carbocycles. The van der Waals surface area contributed by atoms with Gasteiger partial charge in [0.2, 0.25) is 0 Å². The fourth-order valence-corrected chi connectivity index (χ4v) is 4.14. The van der Waals surface area contributed by atoms with E-state index in [0.717, 1.165) is 26.7 Å². The maximum Gasteiger partial charge on any atom is 0.326 e. The molecule has 29 heavy (non-hydrogen) atoms. The first-order valence-corrected chi connectivity index (χ1v) is 10.5. The van der Waals surface area contributed by atoms with Gasteiger partial charge in [0.05, 0.1) is 5.69 Å². The highest BCUT2D eigenvalue weighted by molar-refractivity contribution is 7.99. The average Bonchev–Trinajstić information content (AvgIpc) is 2.69. The highest BCUT2D eigenvalue weighted by Crippen LogP contribution is 2.41. The van der Waals surface area contributed by atoms with Crippen molar-refractivity contribution in [3.63, 3.8) is 0 Å². The minimum atomic E-state index is -0.154. The second-order valence-corrected chi connectivity index (χ2v) is 9.29. The van der Waals surface area contributed by atoms with Gasteiger partial charge in [0.1, 0.15) is 0 Å². The number of urea groups is 1. The van der Waals surface area contributed by atoms with Crippen LogP contribution in [-0.2, 0) is 5.41 Å². The molecule has 0 aliphatic carbocycles. The summed E-state index contributed by atoms with van der Waals surface area (Å²) in [5.41, 5.74) is 4.00. The SMILES string of the molecule is Cc1ccc(Sc2cccc(C(C)(C)C)c2N(C)C(=O)Nc2ccccc2)cc1. The maximum atomic E-state index is 13.0. The van der Waals surface area contributed by atoms with E-state index in [9.17, 15) is 4.79 Å². The topological polar surface area (TPSA) is 32.3 Å². The lowest BCUT2D eigenvalue weighted by atomic mass is 9.85. The number of nitrogens with zero attached hydrogens (tertiary/aromatic N) is 1. The number of hydrogen-bond donors (Lipinski definition) is 1. The largest absolute Gasteiger partial charge is 0.326 e. The molecule has 4 heteroatoms. The normalized spacial score (nSPS) is 11.2. The molecule has 0 bridgehead atoms. The number of carbonyl (C=O) groups is 1. The van der Waals surface area contributed by atoms with Crippen LogP contribution in [0.5, 0.6) is 0 Å². The van der Waals surface area contributed by atoms with Gasteiger partial charge in [-0.1, -0.05) is 80.6 Å². The number of amides is 2. The number of anilines is 2. The zero-order valence-electron chi connectivity index (χ0n) is 17.7. The Balaban J connectivity index is 1.99. The molecule has 0 aliphatic rings. The zero-order valence-corrected chi connectivity index (χ0v) is 18.5. The molecule has 3 aromatic carbocycles. The van der Waals surface area contributed by atoms with Crippen LogP contribution in [0.3, 0.4) is 0 Å². The Morgan fingerprint density at radius 1 is 0.897 bits per heavy atom. The quantitative estimate of drug-likeness (QED) is 0.502. The highest BCUT2D eigenvalue weighted by Gasteiger charge is 2.25. The molecule has 0 aliphatic heterocycles. The number of nitrogens with one attached hydrogen (secondary N) is 1. The van der Waals surface area contributed by atoms with E-state index in [1.807, 2.05) is 37.4 Å². The van der Waals surface area contributed by atoms with Crippen LogP contribution in [-0.4, -0.2) is 13.1 Å². The van der Waals surface area contributed by atoms with Crippen molar-refractivity contribution in [2.75, 3.05) is 17.3 Å². The zero-order chi connectivity index (χ0) is 21.0. The first kappa shape index (κ1) is 21.0. The van der Waals surface area contributed by atoms with Gasteiger partial charge in [0.25, 0.3) is 0 Å². The fourth-order valence-electron chi connectivity index (χ4n) is 3.12. The third-order valence-corrected chi connectivity index (χ3v) is 5.78. The minimum Gasteiger partial charge on any atom is -0.308 e. The lowest BCUT2D eigenvalue weighted by Gasteiger charge is -2.30. The Hall–Kier alpha value is -2.72. The van der Waals surface area contributed by atoms with E-state index < -0.39 is 0 Å². The number of para-hydroxylation sites is 2. The van der Waals surface area contributed by atoms with Crippen LogP contribution >= 0.6 is 11.8 Å². The molecule has 3 nitrogen and oxygen atoms in total. The molecule has 0 spiro atoms. The van der Waals surface area contributed by atoms with Gasteiger partial charge in [-0.2, -0.15) is 0 Å². The van der Waals surface area contributed by atoms with Crippen molar-refractivity contribution in [1.29, 1.82) is 0 Å². The molecule has 0 heterocycles. The minimum absolute atomic E-state index is 0.0968. The summed E-state index contributed by atoms with van der Waals surface area (Å²) in [6.45, 7) is 8.61. The van der Waals surface area contributed by atoms with Crippen molar-refractivity contribution in [2.45, 2.75) is 42.9 Å². The number of aryl methyl sites for hydroxylation is 1. The molecular formula is C25H28N2OS. The van der Waals surface area contributed by atoms with Crippen molar-refractivity contribution in [2.24, 2.45) is 0 Å². The van der Waals surface area contributed by atoms with Crippen LogP contribution in [0.15, 0.2) is 82.6 Å². The lowest BCUT2D eigenvalue weighted by Crippen LogP contribution is -2.33. The molecule has 150 valence electrons. The molecule has 3 rings (SSSR count). The van der Waals surface area contributed by atoms with E-state index in [1.165, 1.54) is 5.56 Å². The van der Waals surface area contributed by atoms with E-state index in [2.05, 4.69) is 75.5 Å². The number of carbonyl (C=O) groups excluding carboxylic acids is 1. The van der Waals surface area contributed by atoms with Crippen molar-refractivity contribution in [3.05, 3.63) is 83.9 Å². The van der Waals surface area contributed by atoms with Crippen molar-refractivity contribution < 1.29 is 4.79 Å². The molecule has 0 radical (unpaired) electrons. The second-order valence-electron chi connectivity index (χ2n) is 8.17. The predicted octanol–water partition coefficient (Wildman–Crippen LogP) is 7.11. The van der Waals surface area contributed by atoms with E-state index in [0.29, 0.717) is 0 Å². The standard InChI is InChI=1S/C25H28N2OS/c1-18-14-16-20(17-15-18)29-22-13-9-12-21(25(2,3)4)23(22)27(5)24(28)26-19-10-7-6-8-11-19/h6-17H,1-5H3,(H,26,28). The summed E-state index contributed by atoms with van der Waals surface area (Å²) in [6.07, 6.45) is 0. The molecule has 2 amide bonds. The van der Waals surface area contributed by atoms with Crippen molar-refractivity contribution in [1.82, 2.24) is 0 Å². The molecule has 3 aromatic rings. The van der Waals surface area contributed by atoms with Crippen LogP contribution in [0.4, 0.5) is 16.2 Å². The Bertz CT molecular complexity index is 976. The number of rotatable bonds is 4. The Labute approximate surface area is 178 Å². The summed E-state index contributed by atoms with van der Waals surface area (Å²) in [5, 5.41) is 3.00. The van der Waals surface area contributed by atoms with Crippen LogP contribution in [0.25, 0.3) is 0 Å². The Morgan fingerprint density at radius 2 is 1.55 bits per heavy atom. The summed E-state index contributed by atoms with van der Waals surface area (Å²) in [7, 11) is 1.84. The summed E-state index contributed by atoms with van der Waals surface area (Å²) in [6, 6.07) is 24.1. The maximum absolute atomic E-state index is 13.0. The average molecular weight is 405 g/mol. The summed E-state index contributed by atoms with van der Waals surface area (Å²) >= 11 is 1.68. The van der Waals surface area contributed by atoms with E-state index >= 15 is 0 Å². The molecular weight excluding hydrogens is 376 g/mol. The number of benzene rings is 3. The molecule has 0 fully saturated rings. The third kappa shape index (κ3) is 5.21. The van der Waals surface area contributed by atoms with Gasteiger partial charge >= 0.3 is 6.03 Å². The van der Waals surface area contributed by atoms with Gasteiger partial charge in [-0.3, -0.25) is 4.90 Å². The van der Waals surface area contributed by atoms with Gasteiger partial charge in [-0.25, -0.2) is 4.79 Å². The first-order chi connectivity index (χ1) is 13.8. The smallest absolute Gasteiger partial charge is 0.308 e. The van der Waals surface area contributed by atoms with Gasteiger partial charge in [0.15, 0.2) is 0 Å². The second kappa shape index (κ2) is 8.75. The monoisotopic (exact) mass is 404 g/mol. The summed E-state index contributed by atoms with van der Waals surface area (Å²) in [4.78, 5) is 17.0. The Kier molecular flexibility index (Phi) is 6.33. The van der Waals surface area contributed by atoms with Gasteiger partial charge in [0, 0.05) is 22.5 Å². The van der Waals surface area contributed by atoms with Crippen LogP contribution in [0, 0.1) is 6.92 Å². The fraction of sp³-hybridized carbons (Fsp3) is 0.240. The summed E-state index contributed by atoms with van der Waals surface area (Å²) < 4.78 is 0. The van der Waals surface area contributed by atoms with E-state index in [1.54, 1.807) is 16.7 Å². The highest BCUT2D eigenvalue weighted by atomic mass is 32.2. The molecule has 1 N–H and O–H groups in total. The van der Waals surface area contributed by atoms with Gasteiger partial charge < -0.3 is 5.32 Å². The third-order valence-electron chi connectivity index (χ3n) is 4.72. The van der Waals surface area contributed by atoms with E-state index in [-0.39, 0.29) is 11.4 Å². The number of hydrogen-bond acceptors (Lipinski definition) is 2. The predicted molar refractivity (Wildman–Crippen MR) is 124 cm³/mol.